The third-order valence-corrected chi connectivity index (χ3v) is 4.19. The van der Waals surface area contributed by atoms with Crippen LogP contribution in [0.1, 0.15) is 0 Å². The van der Waals surface area contributed by atoms with Gasteiger partial charge in [0.1, 0.15) is 16.6 Å². The summed E-state index contributed by atoms with van der Waals surface area (Å²) in [6.45, 7) is 0. The van der Waals surface area contributed by atoms with Crippen LogP contribution < -0.4 is 0 Å². The molecule has 2 aromatic rings. The molecule has 0 saturated heterocycles. The Hall–Kier alpha value is -0.720. The molecular formula is C8H3F2NS3. The van der Waals surface area contributed by atoms with Gasteiger partial charge < -0.3 is 0 Å². The first-order chi connectivity index (χ1) is 6.66. The fourth-order valence-corrected chi connectivity index (χ4v) is 3.08. The van der Waals surface area contributed by atoms with Crippen molar-refractivity contribution >= 4 is 32.9 Å². The minimum Gasteiger partial charge on any atom is -0.214 e. The van der Waals surface area contributed by atoms with E-state index in [2.05, 4.69) is 4.98 Å². The molecular weight excluding hydrogens is 244 g/mol. The van der Waals surface area contributed by atoms with Gasteiger partial charge in [-0.2, -0.15) is 0 Å². The summed E-state index contributed by atoms with van der Waals surface area (Å²) >= 11 is 4.82. The number of aromatic nitrogens is 1. The minimum absolute atomic E-state index is 0.295. The van der Waals surface area contributed by atoms with Crippen LogP contribution in [0.25, 0.3) is 10.6 Å². The first-order valence-corrected chi connectivity index (χ1v) is 6.15. The summed E-state index contributed by atoms with van der Waals surface area (Å²) in [4.78, 5) is 3.96. The van der Waals surface area contributed by atoms with E-state index in [0.29, 0.717) is 14.5 Å². The van der Waals surface area contributed by atoms with Gasteiger partial charge in [-0.15, -0.1) is 0 Å². The second-order valence-corrected chi connectivity index (χ2v) is 5.23. The molecule has 0 aliphatic heterocycles. The van der Waals surface area contributed by atoms with Crippen LogP contribution in [-0.4, -0.2) is 4.98 Å². The van der Waals surface area contributed by atoms with E-state index in [-0.39, 0.29) is 0 Å². The molecule has 0 N–H and O–H groups in total. The first-order valence-electron chi connectivity index (χ1n) is 3.59. The van der Waals surface area contributed by atoms with Crippen LogP contribution in [-0.2, 0) is 0 Å². The monoisotopic (exact) mass is 247 g/mol. The molecule has 6 heteroatoms. The summed E-state index contributed by atoms with van der Waals surface area (Å²) in [5.74, 6) is -1.20. The van der Waals surface area contributed by atoms with Crippen molar-refractivity contribution < 1.29 is 8.78 Å². The third kappa shape index (κ3) is 1.87. The summed E-state index contributed by atoms with van der Waals surface area (Å²) in [7, 11) is 2.58. The zero-order valence-corrected chi connectivity index (χ0v) is 9.11. The topological polar surface area (TPSA) is 12.9 Å². The lowest BCUT2D eigenvalue weighted by molar-refractivity contribution is 0.585. The Morgan fingerprint density at radius 2 is 2.00 bits per heavy atom. The maximum Gasteiger partial charge on any atom is 0.191 e. The van der Waals surface area contributed by atoms with Gasteiger partial charge in [0.2, 0.25) is 0 Å². The minimum atomic E-state index is -0.610. The Labute approximate surface area is 91.1 Å². The number of hydrogen-bond donors (Lipinski definition) is 0. The van der Waals surface area contributed by atoms with Gasteiger partial charge in [-0.05, 0) is 34.7 Å². The zero-order valence-electron chi connectivity index (χ0n) is 6.66. The fourth-order valence-electron chi connectivity index (χ4n) is 0.963. The molecule has 0 bridgehead atoms. The highest BCUT2D eigenvalue weighted by molar-refractivity contribution is 7.79. The summed E-state index contributed by atoms with van der Waals surface area (Å²) in [6.07, 6.45) is 0. The van der Waals surface area contributed by atoms with Crippen LogP contribution in [0.4, 0.5) is 8.78 Å². The van der Waals surface area contributed by atoms with Gasteiger partial charge >= 0.3 is 0 Å². The van der Waals surface area contributed by atoms with Gasteiger partial charge in [0, 0.05) is 11.6 Å². The van der Waals surface area contributed by atoms with E-state index in [4.69, 9.17) is 12.2 Å². The molecule has 0 aliphatic rings. The van der Waals surface area contributed by atoms with Gasteiger partial charge in [0.25, 0.3) is 0 Å². The van der Waals surface area contributed by atoms with Crippen molar-refractivity contribution in [1.29, 1.82) is 0 Å². The predicted octanol–water partition coefficient (Wildman–Crippen LogP) is 3.88. The Morgan fingerprint density at radius 3 is 2.57 bits per heavy atom. The van der Waals surface area contributed by atoms with E-state index in [1.807, 2.05) is 0 Å². The maximum atomic E-state index is 13.2. The first kappa shape index (κ1) is 9.82. The average Bonchev–Trinajstić information content (AvgIpc) is 2.51. The molecule has 2 rings (SSSR count). The highest BCUT2D eigenvalue weighted by Gasteiger charge is 2.09. The van der Waals surface area contributed by atoms with E-state index in [1.54, 1.807) is 0 Å². The van der Waals surface area contributed by atoms with Crippen molar-refractivity contribution in [3.05, 3.63) is 33.8 Å². The SMILES string of the molecule is Fc1ccc(-c2nc(=S)ss2)c(F)c1. The van der Waals surface area contributed by atoms with Crippen LogP contribution in [0.5, 0.6) is 0 Å². The van der Waals surface area contributed by atoms with Crippen molar-refractivity contribution in [1.82, 2.24) is 4.98 Å². The summed E-state index contributed by atoms with van der Waals surface area (Å²) in [6, 6.07) is 3.41. The average molecular weight is 247 g/mol. The summed E-state index contributed by atoms with van der Waals surface area (Å²) in [5, 5.41) is 0.498. The molecule has 0 spiro atoms. The highest BCUT2D eigenvalue weighted by Crippen LogP contribution is 2.28. The largest absolute Gasteiger partial charge is 0.214 e. The van der Waals surface area contributed by atoms with Gasteiger partial charge in [0.15, 0.2) is 3.95 Å². The Balaban J connectivity index is 2.57. The molecule has 0 aliphatic carbocycles. The smallest absolute Gasteiger partial charge is 0.191 e. The second-order valence-electron chi connectivity index (χ2n) is 2.47. The number of halogens is 2. The van der Waals surface area contributed by atoms with E-state index in [0.717, 1.165) is 6.07 Å². The Kier molecular flexibility index (Phi) is 2.66. The molecule has 1 heterocycles. The van der Waals surface area contributed by atoms with E-state index < -0.39 is 11.6 Å². The quantitative estimate of drug-likeness (QED) is 0.560. The van der Waals surface area contributed by atoms with E-state index in [9.17, 15) is 8.78 Å². The molecule has 0 amide bonds. The molecule has 1 nitrogen and oxygen atoms in total. The zero-order chi connectivity index (χ0) is 10.1. The number of rotatable bonds is 1. The van der Waals surface area contributed by atoms with Crippen molar-refractivity contribution in [2.24, 2.45) is 0 Å². The third-order valence-electron chi connectivity index (χ3n) is 1.55. The van der Waals surface area contributed by atoms with Crippen molar-refractivity contribution in [3.63, 3.8) is 0 Å². The number of nitrogens with zero attached hydrogens (tertiary/aromatic N) is 1. The van der Waals surface area contributed by atoms with Crippen molar-refractivity contribution in [2.45, 2.75) is 0 Å². The van der Waals surface area contributed by atoms with Crippen LogP contribution in [0, 0.1) is 15.6 Å². The number of hydrogen-bond acceptors (Lipinski definition) is 4. The van der Waals surface area contributed by atoms with Gasteiger partial charge in [0.05, 0.1) is 0 Å². The Bertz CT molecular complexity index is 517. The normalized spacial score (nSPS) is 10.4. The Morgan fingerprint density at radius 1 is 1.21 bits per heavy atom. The molecule has 0 saturated carbocycles. The molecule has 1 aromatic carbocycles. The predicted molar refractivity (Wildman–Crippen MR) is 56.2 cm³/mol. The van der Waals surface area contributed by atoms with Crippen LogP contribution in [0.2, 0.25) is 0 Å². The second kappa shape index (κ2) is 3.80. The standard InChI is InChI=1S/C8H3F2NS3/c9-4-1-2-5(6(10)3-4)7-11-8(12)14-13-7/h1-3H. The van der Waals surface area contributed by atoms with E-state index >= 15 is 0 Å². The molecule has 0 atom stereocenters. The van der Waals surface area contributed by atoms with Crippen LogP contribution >= 0.6 is 32.9 Å². The highest BCUT2D eigenvalue weighted by atomic mass is 32.9. The number of benzene rings is 1. The van der Waals surface area contributed by atoms with E-state index in [1.165, 1.54) is 32.8 Å². The fraction of sp³-hybridized carbons (Fsp3) is 0. The molecule has 1 aromatic heterocycles. The lowest BCUT2D eigenvalue weighted by Gasteiger charge is -1.97. The molecule has 0 fully saturated rings. The van der Waals surface area contributed by atoms with Gasteiger partial charge in [-0.3, -0.25) is 0 Å². The maximum absolute atomic E-state index is 13.2. The molecule has 14 heavy (non-hydrogen) atoms. The van der Waals surface area contributed by atoms with Gasteiger partial charge in [-0.25, -0.2) is 13.8 Å². The summed E-state index contributed by atoms with van der Waals surface area (Å²) in [5.41, 5.74) is 0.295. The summed E-state index contributed by atoms with van der Waals surface area (Å²) < 4.78 is 26.3. The van der Waals surface area contributed by atoms with Crippen LogP contribution in [0.15, 0.2) is 18.2 Å². The van der Waals surface area contributed by atoms with Crippen molar-refractivity contribution in [2.75, 3.05) is 0 Å². The van der Waals surface area contributed by atoms with Crippen molar-refractivity contribution in [3.8, 4) is 10.6 Å². The lowest BCUT2D eigenvalue weighted by Crippen LogP contribution is -1.84. The van der Waals surface area contributed by atoms with Gasteiger partial charge in [-0.1, -0.05) is 10.3 Å². The molecule has 0 radical (unpaired) electrons. The molecule has 72 valence electrons. The lowest BCUT2D eigenvalue weighted by atomic mass is 10.2. The molecule has 0 unspecified atom stereocenters. The van der Waals surface area contributed by atoms with Crippen LogP contribution in [0.3, 0.4) is 0 Å².